The van der Waals surface area contributed by atoms with E-state index in [0.717, 1.165) is 51.7 Å². The standard InChI is InChI=1S/C87H96N2O2/c1-8-12-16-20-32-50-86(51-33-21-17-13-9-2)69-40-28-25-37-63(69)80-82(86)81-77(79-67-39-27-31-43-75(67)91-84(79)80)65-47-45-62(57-71(65)87(81,52-34-22-18-14-10-3)53-35-23-19-15-11-4)89(73-41-29-24-36-59(73)5)61-44-46-64-70(56-61)85(6,7)72-58-68(60-48-54-88-55-49-60)83-78(76(64)72)66-38-26-30-42-74(66)90-83/h24-31,36-49,54-58H,8-23,32-35,50-53H2,1-7H3. The zero-order chi connectivity index (χ0) is 62.3. The minimum atomic E-state index is -0.327. The van der Waals surface area contributed by atoms with Crippen LogP contribution in [0.5, 0.6) is 0 Å². The van der Waals surface area contributed by atoms with E-state index in [1.165, 1.54) is 230 Å². The normalized spacial score (nSPS) is 14.5. The zero-order valence-electron chi connectivity index (χ0n) is 55.8. The SMILES string of the molecule is CCCCCCCC1(CCCCCCC)c2ccccc2-c2c1c1c(c3c2oc2ccccc23)-c2ccc(N(c3ccc4c(c3)C(C)(C)c3cc(-c5ccncc5)c5oc6ccccc6c5c3-4)c3ccccc3C)cc2C1(CCCCCCC)CCCCCCC. The number of unbranched alkanes of at least 4 members (excludes halogenated alkanes) is 16. The van der Waals surface area contributed by atoms with Crippen LogP contribution in [0.1, 0.15) is 235 Å². The molecule has 4 nitrogen and oxygen atoms in total. The molecule has 0 amide bonds. The lowest BCUT2D eigenvalue weighted by molar-refractivity contribution is 0.369. The third-order valence-corrected chi connectivity index (χ3v) is 22.2. The highest BCUT2D eigenvalue weighted by atomic mass is 16.3. The number of furan rings is 2. The van der Waals surface area contributed by atoms with Crippen LogP contribution < -0.4 is 4.90 Å². The number of fused-ring (bicyclic) bond motifs is 19. The molecule has 3 aliphatic rings. The molecule has 3 aromatic heterocycles. The molecule has 0 saturated heterocycles. The summed E-state index contributed by atoms with van der Waals surface area (Å²) >= 11 is 0. The third kappa shape index (κ3) is 10.4. The third-order valence-electron chi connectivity index (χ3n) is 22.2. The van der Waals surface area contributed by atoms with Crippen LogP contribution in [0.25, 0.3) is 88.4 Å². The largest absolute Gasteiger partial charge is 0.455 e. The van der Waals surface area contributed by atoms with Crippen LogP contribution in [-0.4, -0.2) is 4.98 Å². The van der Waals surface area contributed by atoms with Crippen LogP contribution in [0.2, 0.25) is 0 Å². The average molecular weight is 1200 g/mol. The van der Waals surface area contributed by atoms with Crippen LogP contribution in [-0.2, 0) is 16.2 Å². The van der Waals surface area contributed by atoms with E-state index in [2.05, 4.69) is 210 Å². The van der Waals surface area contributed by atoms with E-state index in [-0.39, 0.29) is 16.2 Å². The Morgan fingerprint density at radius 1 is 0.385 bits per heavy atom. The van der Waals surface area contributed by atoms with Gasteiger partial charge in [-0.05, 0) is 166 Å². The maximum absolute atomic E-state index is 7.54. The lowest BCUT2D eigenvalue weighted by Gasteiger charge is -2.40. The molecule has 11 aromatic rings. The Hall–Kier alpha value is -7.69. The summed E-state index contributed by atoms with van der Waals surface area (Å²) in [6.07, 6.45) is 33.7. The fourth-order valence-corrected chi connectivity index (χ4v) is 17.7. The van der Waals surface area contributed by atoms with Crippen molar-refractivity contribution in [3.63, 3.8) is 0 Å². The van der Waals surface area contributed by atoms with Crippen molar-refractivity contribution in [1.82, 2.24) is 4.98 Å². The van der Waals surface area contributed by atoms with Crippen LogP contribution in [0, 0.1) is 6.92 Å². The van der Waals surface area contributed by atoms with E-state index in [1.54, 1.807) is 16.7 Å². The number of aryl methyl sites for hydroxylation is 1. The molecular weight excluding hydrogens is 1100 g/mol. The fourth-order valence-electron chi connectivity index (χ4n) is 17.7. The van der Waals surface area contributed by atoms with E-state index in [1.807, 2.05) is 12.4 Å². The Balaban J connectivity index is 1.02. The van der Waals surface area contributed by atoms with Gasteiger partial charge in [0, 0.05) is 78.4 Å². The second kappa shape index (κ2) is 25.8. The van der Waals surface area contributed by atoms with Crippen LogP contribution >= 0.6 is 0 Å². The van der Waals surface area contributed by atoms with E-state index in [4.69, 9.17) is 8.83 Å². The minimum absolute atomic E-state index is 0.141. The molecule has 466 valence electrons. The van der Waals surface area contributed by atoms with E-state index in [9.17, 15) is 0 Å². The van der Waals surface area contributed by atoms with Crippen molar-refractivity contribution in [2.45, 2.75) is 219 Å². The minimum Gasteiger partial charge on any atom is -0.455 e. The molecule has 0 fully saturated rings. The first-order chi connectivity index (χ1) is 44.7. The predicted molar refractivity (Wildman–Crippen MR) is 387 cm³/mol. The van der Waals surface area contributed by atoms with Gasteiger partial charge in [0.05, 0.1) is 0 Å². The number of pyridine rings is 1. The highest BCUT2D eigenvalue weighted by Gasteiger charge is 2.54. The van der Waals surface area contributed by atoms with Gasteiger partial charge < -0.3 is 13.7 Å². The van der Waals surface area contributed by atoms with Gasteiger partial charge >= 0.3 is 0 Å². The Labute approximate surface area is 542 Å². The Bertz CT molecular complexity index is 4410. The van der Waals surface area contributed by atoms with Crippen molar-refractivity contribution in [2.75, 3.05) is 4.90 Å². The quantitative estimate of drug-likeness (QED) is 0.0458. The van der Waals surface area contributed by atoms with Crippen molar-refractivity contribution >= 4 is 60.9 Å². The average Bonchev–Trinajstić information content (AvgIpc) is 1.50. The lowest BCUT2D eigenvalue weighted by Crippen LogP contribution is -2.33. The zero-order valence-corrected chi connectivity index (χ0v) is 55.8. The van der Waals surface area contributed by atoms with Crippen LogP contribution in [0.3, 0.4) is 0 Å². The summed E-state index contributed by atoms with van der Waals surface area (Å²) in [6, 6.07) is 58.5. The molecule has 0 saturated carbocycles. The van der Waals surface area contributed by atoms with Crippen molar-refractivity contribution in [1.29, 1.82) is 0 Å². The number of benzene rings is 8. The number of para-hydroxylation sites is 3. The van der Waals surface area contributed by atoms with Gasteiger partial charge in [0.2, 0.25) is 0 Å². The first-order valence-electron chi connectivity index (χ1n) is 35.9. The topological polar surface area (TPSA) is 42.4 Å². The molecule has 8 aromatic carbocycles. The second-order valence-electron chi connectivity index (χ2n) is 28.3. The monoisotopic (exact) mass is 1200 g/mol. The summed E-state index contributed by atoms with van der Waals surface area (Å²) in [6.45, 7) is 16.7. The molecule has 0 spiro atoms. The molecule has 0 atom stereocenters. The van der Waals surface area contributed by atoms with Gasteiger partial charge in [-0.1, -0.05) is 261 Å². The highest BCUT2D eigenvalue weighted by molar-refractivity contribution is 6.22. The number of hydrogen-bond acceptors (Lipinski definition) is 4. The maximum atomic E-state index is 7.54. The van der Waals surface area contributed by atoms with E-state index >= 15 is 0 Å². The molecular formula is C87H96N2O2. The molecule has 91 heavy (non-hydrogen) atoms. The van der Waals surface area contributed by atoms with Crippen LogP contribution in [0.15, 0.2) is 173 Å². The summed E-state index contributed by atoms with van der Waals surface area (Å²) in [4.78, 5) is 7.07. The molecule has 4 heteroatoms. The summed E-state index contributed by atoms with van der Waals surface area (Å²) in [5.74, 6) is 0. The van der Waals surface area contributed by atoms with Gasteiger partial charge in [-0.15, -0.1) is 0 Å². The molecule has 0 bridgehead atoms. The smallest absolute Gasteiger partial charge is 0.144 e. The molecule has 0 radical (unpaired) electrons. The van der Waals surface area contributed by atoms with Gasteiger partial charge in [0.25, 0.3) is 0 Å². The van der Waals surface area contributed by atoms with Gasteiger partial charge in [0.15, 0.2) is 0 Å². The Kier molecular flexibility index (Phi) is 17.2. The van der Waals surface area contributed by atoms with Gasteiger partial charge in [-0.3, -0.25) is 4.98 Å². The number of hydrogen-bond donors (Lipinski definition) is 0. The van der Waals surface area contributed by atoms with Gasteiger partial charge in [-0.25, -0.2) is 0 Å². The maximum Gasteiger partial charge on any atom is 0.144 e. The van der Waals surface area contributed by atoms with E-state index in [0.29, 0.717) is 0 Å². The van der Waals surface area contributed by atoms with Crippen LogP contribution in [0.4, 0.5) is 17.1 Å². The second-order valence-corrected chi connectivity index (χ2v) is 28.3. The van der Waals surface area contributed by atoms with Gasteiger partial charge in [-0.2, -0.15) is 0 Å². The van der Waals surface area contributed by atoms with Crippen molar-refractivity contribution in [3.05, 3.63) is 203 Å². The lowest BCUT2D eigenvalue weighted by atomic mass is 9.62. The Morgan fingerprint density at radius 2 is 0.846 bits per heavy atom. The summed E-state index contributed by atoms with van der Waals surface area (Å²) in [5.41, 5.74) is 27.7. The molecule has 0 unspecified atom stereocenters. The summed E-state index contributed by atoms with van der Waals surface area (Å²) in [5, 5.41) is 4.93. The number of anilines is 3. The van der Waals surface area contributed by atoms with E-state index < -0.39 is 0 Å². The summed E-state index contributed by atoms with van der Waals surface area (Å²) < 4.78 is 14.5. The first kappa shape index (κ1) is 60.8. The summed E-state index contributed by atoms with van der Waals surface area (Å²) in [7, 11) is 0. The van der Waals surface area contributed by atoms with Gasteiger partial charge in [0.1, 0.15) is 22.3 Å². The fraction of sp³-hybridized carbons (Fsp3) is 0.391. The Morgan fingerprint density at radius 3 is 1.43 bits per heavy atom. The predicted octanol–water partition coefficient (Wildman–Crippen LogP) is 26.6. The first-order valence-corrected chi connectivity index (χ1v) is 35.9. The molecule has 14 rings (SSSR count). The van der Waals surface area contributed by atoms with Crippen molar-refractivity contribution in [2.24, 2.45) is 0 Å². The molecule has 0 N–H and O–H groups in total. The van der Waals surface area contributed by atoms with Crippen molar-refractivity contribution in [3.8, 4) is 44.5 Å². The molecule has 3 heterocycles. The molecule has 3 aliphatic carbocycles. The number of rotatable bonds is 28. The number of nitrogens with zero attached hydrogens (tertiary/aromatic N) is 2. The molecule has 0 aliphatic heterocycles. The highest BCUT2D eigenvalue weighted by Crippen LogP contribution is 2.68. The number of aromatic nitrogens is 1. The van der Waals surface area contributed by atoms with Crippen molar-refractivity contribution < 1.29 is 8.83 Å².